The van der Waals surface area contributed by atoms with E-state index in [2.05, 4.69) is 31.9 Å². The van der Waals surface area contributed by atoms with Crippen LogP contribution in [0.4, 0.5) is 0 Å². The molecule has 0 bridgehead atoms. The first-order valence-corrected chi connectivity index (χ1v) is 27.0. The van der Waals surface area contributed by atoms with E-state index in [-0.39, 0.29) is 124 Å². The van der Waals surface area contributed by atoms with Gasteiger partial charge in [0.25, 0.3) is 0 Å². The number of aldehydes is 1. The minimum atomic E-state index is -1.58. The van der Waals surface area contributed by atoms with Gasteiger partial charge in [0.2, 0.25) is 35.4 Å². The molecule has 0 fully saturated rings. The van der Waals surface area contributed by atoms with Gasteiger partial charge >= 0.3 is 23.9 Å². The summed E-state index contributed by atoms with van der Waals surface area (Å²) >= 11 is 0. The maximum atomic E-state index is 13.5. The van der Waals surface area contributed by atoms with Crippen LogP contribution in [0.5, 0.6) is 0 Å². The monoisotopic (exact) mass is 1120 g/mol. The van der Waals surface area contributed by atoms with Gasteiger partial charge in [-0.3, -0.25) is 47.9 Å². The van der Waals surface area contributed by atoms with Gasteiger partial charge in [-0.2, -0.15) is 0 Å². The number of aliphatic carboxylic acids is 4. The molecule has 6 amide bonds. The predicted octanol–water partition coefficient (Wildman–Crippen LogP) is 1.01. The Labute approximate surface area is 456 Å². The lowest BCUT2D eigenvalue weighted by Gasteiger charge is -2.25. The van der Waals surface area contributed by atoms with E-state index in [9.17, 15) is 68.1 Å². The van der Waals surface area contributed by atoms with Crippen LogP contribution in [0.3, 0.4) is 0 Å². The van der Waals surface area contributed by atoms with Crippen molar-refractivity contribution in [2.24, 2.45) is 0 Å². The number of hydrogen-bond acceptors (Lipinski definition) is 17. The van der Waals surface area contributed by atoms with E-state index in [1.165, 1.54) is 0 Å². The summed E-state index contributed by atoms with van der Waals surface area (Å²) in [6.07, 6.45) is 11.8. The zero-order valence-electron chi connectivity index (χ0n) is 45.2. The molecule has 0 spiro atoms. The highest BCUT2D eigenvalue weighted by Crippen LogP contribution is 2.14. The molecule has 0 aliphatic heterocycles. The number of carbonyl (C=O) groups is 11. The Morgan fingerprint density at radius 1 is 0.333 bits per heavy atom. The molecule has 0 radical (unpaired) electrons. The number of rotatable bonds is 56. The first kappa shape index (κ1) is 72.1. The highest BCUT2D eigenvalue weighted by molar-refractivity contribution is 5.94. The largest absolute Gasteiger partial charge is 0.481 e. The van der Waals surface area contributed by atoms with Gasteiger partial charge in [0.05, 0.1) is 59.5 Å². The third-order valence-corrected chi connectivity index (χ3v) is 11.4. The topological polar surface area (TPSA) is 396 Å². The third-order valence-electron chi connectivity index (χ3n) is 11.4. The molecule has 0 aromatic carbocycles. The molecule has 0 unspecified atom stereocenters. The summed E-state index contributed by atoms with van der Waals surface area (Å²) in [5, 5.41) is 51.7. The lowest BCUT2D eigenvalue weighted by molar-refractivity contribution is -0.140. The molecule has 27 nitrogen and oxygen atoms in total. The van der Waals surface area contributed by atoms with Crippen molar-refractivity contribution in [2.45, 2.75) is 159 Å². The second-order valence-corrected chi connectivity index (χ2v) is 18.1. The Hall–Kier alpha value is -5.87. The van der Waals surface area contributed by atoms with Gasteiger partial charge < -0.3 is 85.5 Å². The quantitative estimate of drug-likeness (QED) is 0.0300. The van der Waals surface area contributed by atoms with E-state index in [1.54, 1.807) is 0 Å². The van der Waals surface area contributed by atoms with Gasteiger partial charge in [-0.15, -0.1) is 0 Å². The van der Waals surface area contributed by atoms with Crippen molar-refractivity contribution >= 4 is 65.6 Å². The summed E-state index contributed by atoms with van der Waals surface area (Å²) in [5.41, 5.74) is 0. The Kier molecular flexibility index (Phi) is 46.8. The molecule has 0 heterocycles. The molecule has 448 valence electrons. The van der Waals surface area contributed by atoms with E-state index < -0.39 is 97.2 Å². The van der Waals surface area contributed by atoms with Crippen molar-refractivity contribution in [3.8, 4) is 0 Å². The molecule has 27 heteroatoms. The molecule has 0 rings (SSSR count). The molecular formula is C51H88N6O21. The van der Waals surface area contributed by atoms with E-state index >= 15 is 0 Å². The normalized spacial score (nSPS) is 12.1. The second kappa shape index (κ2) is 50.6. The molecule has 10 N–H and O–H groups in total. The summed E-state index contributed by atoms with van der Waals surface area (Å²) in [6.45, 7) is 1.28. The number of amides is 6. The first-order valence-electron chi connectivity index (χ1n) is 27.0. The average Bonchev–Trinajstić information content (AvgIpc) is 3.39. The summed E-state index contributed by atoms with van der Waals surface area (Å²) in [5.74, 6) is -8.66. The Bertz CT molecular complexity index is 1730. The lowest BCUT2D eigenvalue weighted by atomic mass is 10.0. The van der Waals surface area contributed by atoms with Crippen LogP contribution in [-0.4, -0.2) is 203 Å². The summed E-state index contributed by atoms with van der Waals surface area (Å²) in [7, 11) is 0. The maximum Gasteiger partial charge on any atom is 0.303 e. The van der Waals surface area contributed by atoms with Crippen molar-refractivity contribution in [3.63, 3.8) is 0 Å². The van der Waals surface area contributed by atoms with Crippen LogP contribution in [0.1, 0.15) is 141 Å². The fraction of sp³-hybridized carbons (Fsp3) is 0.784. The molecular weight excluding hydrogens is 1030 g/mol. The van der Waals surface area contributed by atoms with Crippen LogP contribution in [0.15, 0.2) is 0 Å². The van der Waals surface area contributed by atoms with Crippen LogP contribution < -0.4 is 31.9 Å². The third kappa shape index (κ3) is 47.4. The Morgan fingerprint density at radius 3 is 1.04 bits per heavy atom. The Morgan fingerprint density at radius 2 is 0.654 bits per heavy atom. The molecule has 0 aliphatic carbocycles. The van der Waals surface area contributed by atoms with Crippen molar-refractivity contribution in [3.05, 3.63) is 0 Å². The minimum Gasteiger partial charge on any atom is -0.481 e. The van der Waals surface area contributed by atoms with Crippen molar-refractivity contribution in [1.82, 2.24) is 31.9 Å². The smallest absolute Gasteiger partial charge is 0.303 e. The maximum absolute atomic E-state index is 13.5. The first-order chi connectivity index (χ1) is 37.5. The van der Waals surface area contributed by atoms with E-state index in [4.69, 9.17) is 33.5 Å². The SMILES string of the molecule is O=CCOCCOCCNC(=O)COCCOCCNC(=O)COCCOCCNC(=O)[C@H](CCC(=O)O)NC(=O)[C@H](CCC(=O)O)NC(=O)[C@H](CCC(=O)O)NC(=O)CCCCCCCCCCCCCCCCC(=O)O. The summed E-state index contributed by atoms with van der Waals surface area (Å²) in [4.78, 5) is 132. The molecule has 0 saturated carbocycles. The van der Waals surface area contributed by atoms with E-state index in [0.29, 0.717) is 19.3 Å². The van der Waals surface area contributed by atoms with Gasteiger partial charge in [-0.25, -0.2) is 0 Å². The number of carboxylic acid groups (broad SMARTS) is 4. The molecule has 0 aromatic heterocycles. The fourth-order valence-corrected chi connectivity index (χ4v) is 7.22. The van der Waals surface area contributed by atoms with Crippen LogP contribution in [0.25, 0.3) is 0 Å². The molecule has 0 saturated heterocycles. The number of hydrogen-bond donors (Lipinski definition) is 10. The van der Waals surface area contributed by atoms with Crippen LogP contribution in [0, 0.1) is 0 Å². The van der Waals surface area contributed by atoms with E-state index in [0.717, 1.165) is 83.5 Å². The minimum absolute atomic E-state index is 0.00156. The zero-order valence-corrected chi connectivity index (χ0v) is 45.2. The second-order valence-electron chi connectivity index (χ2n) is 18.1. The molecule has 3 atom stereocenters. The fourth-order valence-electron chi connectivity index (χ4n) is 7.22. The van der Waals surface area contributed by atoms with Gasteiger partial charge in [-0.05, 0) is 32.1 Å². The standard InChI is InChI=1S/C51H88N6O21/c58-26-30-76-32-31-73-27-23-52-43(60)37-77-35-33-74-28-24-53-44(61)38-78-36-34-75-29-25-54-49(70)39(17-20-46(64)65)56-51(72)41(19-22-48(68)69)57-50(71)40(18-21-47(66)67)55-42(59)15-13-11-9-7-5-3-1-2-4-6-8-10-12-14-16-45(62)63/h26,39-41H,1-25,27-38H2,(H,52,60)(H,53,61)(H,54,70)(H,55,59)(H,56,72)(H,57,71)(H,62,63)(H,64,65)(H,66,67)(H,68,69)/t39-,40-,41-/m0/s1. The Balaban J connectivity index is 4.71. The highest BCUT2D eigenvalue weighted by atomic mass is 16.5. The predicted molar refractivity (Wildman–Crippen MR) is 278 cm³/mol. The van der Waals surface area contributed by atoms with Crippen molar-refractivity contribution in [1.29, 1.82) is 0 Å². The molecule has 78 heavy (non-hydrogen) atoms. The van der Waals surface area contributed by atoms with Crippen LogP contribution >= 0.6 is 0 Å². The van der Waals surface area contributed by atoms with Gasteiger partial charge in [0, 0.05) is 51.7 Å². The van der Waals surface area contributed by atoms with E-state index in [1.807, 2.05) is 0 Å². The summed E-state index contributed by atoms with van der Waals surface area (Å²) < 4.78 is 31.4. The van der Waals surface area contributed by atoms with Crippen molar-refractivity contribution in [2.75, 3.05) is 98.9 Å². The average molecular weight is 1120 g/mol. The molecule has 0 aromatic rings. The lowest BCUT2D eigenvalue weighted by Crippen LogP contribution is -2.57. The number of carbonyl (C=O) groups excluding carboxylic acids is 7. The zero-order chi connectivity index (χ0) is 57.9. The summed E-state index contributed by atoms with van der Waals surface area (Å²) in [6, 6.07) is -4.43. The van der Waals surface area contributed by atoms with Crippen LogP contribution in [0.2, 0.25) is 0 Å². The number of ether oxygens (including phenoxy) is 6. The van der Waals surface area contributed by atoms with Gasteiger partial charge in [-0.1, -0.05) is 77.0 Å². The highest BCUT2D eigenvalue weighted by Gasteiger charge is 2.30. The van der Waals surface area contributed by atoms with Gasteiger partial charge in [0.15, 0.2) is 0 Å². The molecule has 0 aliphatic rings. The number of carboxylic acids is 4. The van der Waals surface area contributed by atoms with Crippen LogP contribution in [-0.2, 0) is 81.2 Å². The number of unbranched alkanes of at least 4 members (excludes halogenated alkanes) is 13. The van der Waals surface area contributed by atoms with Crippen molar-refractivity contribution < 1.29 is 102 Å². The van der Waals surface area contributed by atoms with Gasteiger partial charge in [0.1, 0.15) is 44.2 Å². The number of nitrogens with one attached hydrogen (secondary N) is 6.